The van der Waals surface area contributed by atoms with E-state index in [0.717, 1.165) is 0 Å². The minimum atomic E-state index is -0.452. The Morgan fingerprint density at radius 3 is 2.21 bits per heavy atom. The highest BCUT2D eigenvalue weighted by Crippen LogP contribution is 2.09. The molecule has 110 valence electrons. The first-order chi connectivity index (χ1) is 8.65. The second-order valence-electron chi connectivity index (χ2n) is 6.20. The SMILES string of the molecule is C[C@@H]1CN(CC(=O)NC(=O)NC(C)(C)C)C[C@@H](C)O1. The maximum atomic E-state index is 11.8. The topological polar surface area (TPSA) is 70.7 Å². The molecule has 1 aliphatic heterocycles. The number of ether oxygens (including phenoxy) is 1. The summed E-state index contributed by atoms with van der Waals surface area (Å²) in [7, 11) is 0. The summed E-state index contributed by atoms with van der Waals surface area (Å²) in [6.07, 6.45) is 0.222. The number of rotatable bonds is 2. The van der Waals surface area contributed by atoms with Crippen molar-refractivity contribution < 1.29 is 14.3 Å². The molecule has 0 aromatic heterocycles. The fourth-order valence-electron chi connectivity index (χ4n) is 2.15. The molecule has 0 unspecified atom stereocenters. The standard InChI is InChI=1S/C13H25N3O3/c1-9-6-16(7-10(2)19-9)8-11(17)14-12(18)15-13(3,4)5/h9-10H,6-8H2,1-5H3,(H2,14,15,17,18)/t9-,10-/m1/s1. The van der Waals surface area contributed by atoms with E-state index >= 15 is 0 Å². The van der Waals surface area contributed by atoms with Gasteiger partial charge in [0.25, 0.3) is 0 Å². The Bertz CT molecular complexity index is 329. The van der Waals surface area contributed by atoms with E-state index in [9.17, 15) is 9.59 Å². The smallest absolute Gasteiger partial charge is 0.321 e. The number of morpholine rings is 1. The highest BCUT2D eigenvalue weighted by Gasteiger charge is 2.24. The van der Waals surface area contributed by atoms with Gasteiger partial charge in [-0.15, -0.1) is 0 Å². The van der Waals surface area contributed by atoms with Gasteiger partial charge in [-0.05, 0) is 34.6 Å². The molecule has 1 rings (SSSR count). The molecule has 1 fully saturated rings. The molecule has 6 nitrogen and oxygen atoms in total. The fraction of sp³-hybridized carbons (Fsp3) is 0.846. The van der Waals surface area contributed by atoms with Gasteiger partial charge in [0.1, 0.15) is 0 Å². The fourth-order valence-corrected chi connectivity index (χ4v) is 2.15. The molecule has 0 saturated carbocycles. The number of amides is 3. The van der Waals surface area contributed by atoms with Crippen LogP contribution in [0.25, 0.3) is 0 Å². The van der Waals surface area contributed by atoms with Crippen LogP contribution < -0.4 is 10.6 Å². The molecular weight excluding hydrogens is 246 g/mol. The number of hydrogen-bond donors (Lipinski definition) is 2. The largest absolute Gasteiger partial charge is 0.373 e. The van der Waals surface area contributed by atoms with Crippen LogP contribution in [0.1, 0.15) is 34.6 Å². The predicted octanol–water partition coefficient (Wildman–Crippen LogP) is 0.720. The van der Waals surface area contributed by atoms with Crippen molar-refractivity contribution in [1.82, 2.24) is 15.5 Å². The Hall–Kier alpha value is -1.14. The van der Waals surface area contributed by atoms with Gasteiger partial charge in [0.15, 0.2) is 0 Å². The van der Waals surface area contributed by atoms with Gasteiger partial charge in [-0.25, -0.2) is 4.79 Å². The normalized spacial score (nSPS) is 24.9. The molecule has 0 aliphatic carbocycles. The van der Waals surface area contributed by atoms with Crippen molar-refractivity contribution in [1.29, 1.82) is 0 Å². The van der Waals surface area contributed by atoms with E-state index in [1.807, 2.05) is 39.5 Å². The summed E-state index contributed by atoms with van der Waals surface area (Å²) in [6, 6.07) is -0.452. The minimum absolute atomic E-state index is 0.111. The van der Waals surface area contributed by atoms with Crippen LogP contribution in [0.5, 0.6) is 0 Å². The molecule has 0 radical (unpaired) electrons. The Labute approximate surface area is 114 Å². The molecule has 2 N–H and O–H groups in total. The third-order valence-electron chi connectivity index (χ3n) is 2.60. The number of carbonyl (C=O) groups excluding carboxylic acids is 2. The zero-order chi connectivity index (χ0) is 14.6. The summed E-state index contributed by atoms with van der Waals surface area (Å²) in [5.41, 5.74) is -0.355. The van der Waals surface area contributed by atoms with Crippen LogP contribution in [-0.2, 0) is 9.53 Å². The van der Waals surface area contributed by atoms with Gasteiger partial charge < -0.3 is 10.1 Å². The second-order valence-corrected chi connectivity index (χ2v) is 6.20. The van der Waals surface area contributed by atoms with Crippen molar-refractivity contribution in [2.24, 2.45) is 0 Å². The van der Waals surface area contributed by atoms with Gasteiger partial charge in [0.2, 0.25) is 5.91 Å². The van der Waals surface area contributed by atoms with Crippen LogP contribution in [0.3, 0.4) is 0 Å². The second kappa shape index (κ2) is 6.34. The number of imide groups is 1. The van der Waals surface area contributed by atoms with Gasteiger partial charge >= 0.3 is 6.03 Å². The lowest BCUT2D eigenvalue weighted by Gasteiger charge is -2.34. The molecule has 0 spiro atoms. The lowest BCUT2D eigenvalue weighted by Crippen LogP contribution is -2.53. The first-order valence-corrected chi connectivity index (χ1v) is 6.65. The van der Waals surface area contributed by atoms with Crippen molar-refractivity contribution in [3.05, 3.63) is 0 Å². The summed E-state index contributed by atoms with van der Waals surface area (Å²) in [4.78, 5) is 25.3. The molecule has 6 heteroatoms. The highest BCUT2D eigenvalue weighted by atomic mass is 16.5. The zero-order valence-corrected chi connectivity index (χ0v) is 12.4. The quantitative estimate of drug-likeness (QED) is 0.776. The van der Waals surface area contributed by atoms with Crippen LogP contribution in [0, 0.1) is 0 Å². The first-order valence-electron chi connectivity index (χ1n) is 6.65. The van der Waals surface area contributed by atoms with E-state index in [2.05, 4.69) is 10.6 Å². The number of nitrogens with one attached hydrogen (secondary N) is 2. The van der Waals surface area contributed by atoms with E-state index in [0.29, 0.717) is 13.1 Å². The van der Waals surface area contributed by atoms with Gasteiger partial charge in [0.05, 0.1) is 18.8 Å². The summed E-state index contributed by atoms with van der Waals surface area (Å²) in [5.74, 6) is -0.289. The maximum absolute atomic E-state index is 11.8. The van der Waals surface area contributed by atoms with E-state index in [-0.39, 0.29) is 30.2 Å². The molecule has 0 aromatic rings. The van der Waals surface area contributed by atoms with Crippen molar-refractivity contribution in [2.45, 2.75) is 52.4 Å². The summed E-state index contributed by atoms with van der Waals surface area (Å²) >= 11 is 0. The van der Waals surface area contributed by atoms with Crippen molar-refractivity contribution >= 4 is 11.9 Å². The molecular formula is C13H25N3O3. The van der Waals surface area contributed by atoms with Crippen LogP contribution in [-0.4, -0.2) is 54.2 Å². The molecule has 1 heterocycles. The van der Waals surface area contributed by atoms with Crippen LogP contribution in [0.4, 0.5) is 4.79 Å². The number of hydrogen-bond acceptors (Lipinski definition) is 4. The highest BCUT2D eigenvalue weighted by molar-refractivity contribution is 5.95. The Morgan fingerprint density at radius 2 is 1.74 bits per heavy atom. The zero-order valence-electron chi connectivity index (χ0n) is 12.4. The van der Waals surface area contributed by atoms with E-state index < -0.39 is 6.03 Å². The number of carbonyl (C=O) groups is 2. The Kier molecular flexibility index (Phi) is 5.31. The lowest BCUT2D eigenvalue weighted by molar-refractivity contribution is -0.124. The maximum Gasteiger partial charge on any atom is 0.321 e. The van der Waals surface area contributed by atoms with E-state index in [1.165, 1.54) is 0 Å². The number of nitrogens with zero attached hydrogens (tertiary/aromatic N) is 1. The van der Waals surface area contributed by atoms with Crippen molar-refractivity contribution in [3.8, 4) is 0 Å². The summed E-state index contributed by atoms with van der Waals surface area (Å²) in [6.45, 7) is 11.2. The molecule has 1 aliphatic rings. The molecule has 0 bridgehead atoms. The van der Waals surface area contributed by atoms with Gasteiger partial charge in [-0.3, -0.25) is 15.0 Å². The van der Waals surface area contributed by atoms with Gasteiger partial charge in [-0.1, -0.05) is 0 Å². The molecule has 19 heavy (non-hydrogen) atoms. The van der Waals surface area contributed by atoms with Crippen molar-refractivity contribution in [3.63, 3.8) is 0 Å². The van der Waals surface area contributed by atoms with Crippen molar-refractivity contribution in [2.75, 3.05) is 19.6 Å². The number of urea groups is 1. The van der Waals surface area contributed by atoms with Gasteiger partial charge in [-0.2, -0.15) is 0 Å². The molecule has 3 amide bonds. The Morgan fingerprint density at radius 1 is 1.21 bits per heavy atom. The minimum Gasteiger partial charge on any atom is -0.373 e. The van der Waals surface area contributed by atoms with Crippen LogP contribution in [0.15, 0.2) is 0 Å². The van der Waals surface area contributed by atoms with Gasteiger partial charge in [0, 0.05) is 18.6 Å². The van der Waals surface area contributed by atoms with Crippen LogP contribution >= 0.6 is 0 Å². The average molecular weight is 271 g/mol. The summed E-state index contributed by atoms with van der Waals surface area (Å²) < 4.78 is 5.59. The van der Waals surface area contributed by atoms with Crippen LogP contribution in [0.2, 0.25) is 0 Å². The average Bonchev–Trinajstić information content (AvgIpc) is 2.10. The molecule has 1 saturated heterocycles. The molecule has 0 aromatic carbocycles. The monoisotopic (exact) mass is 271 g/mol. The summed E-state index contributed by atoms with van der Waals surface area (Å²) in [5, 5.41) is 5.03. The molecule has 2 atom stereocenters. The lowest BCUT2D eigenvalue weighted by atomic mass is 10.1. The Balaban J connectivity index is 2.36. The first kappa shape index (κ1) is 15.9. The van der Waals surface area contributed by atoms with E-state index in [4.69, 9.17) is 4.74 Å². The predicted molar refractivity (Wildman–Crippen MR) is 72.9 cm³/mol. The third-order valence-corrected chi connectivity index (χ3v) is 2.60. The third kappa shape index (κ3) is 6.54. The van der Waals surface area contributed by atoms with E-state index in [1.54, 1.807) is 0 Å².